The highest BCUT2D eigenvalue weighted by Gasteiger charge is 2.17. The molecule has 3 rings (SSSR count). The predicted octanol–water partition coefficient (Wildman–Crippen LogP) is 2.67. The summed E-state index contributed by atoms with van der Waals surface area (Å²) in [7, 11) is 7.78. The second-order valence-corrected chi connectivity index (χ2v) is 6.50. The van der Waals surface area contributed by atoms with Crippen LogP contribution in [-0.2, 0) is 7.05 Å². The Morgan fingerprint density at radius 3 is 2.73 bits per heavy atom. The molecule has 1 aromatic heterocycles. The zero-order valence-electron chi connectivity index (χ0n) is 13.3. The van der Waals surface area contributed by atoms with Crippen molar-refractivity contribution in [1.29, 1.82) is 0 Å². The van der Waals surface area contributed by atoms with Crippen LogP contribution in [0.2, 0.25) is 0 Å². The molecule has 4 heteroatoms. The van der Waals surface area contributed by atoms with Gasteiger partial charge in [0.05, 0.1) is 5.56 Å². The number of carbonyl (C=O) groups excluding carboxylic acids is 1. The summed E-state index contributed by atoms with van der Waals surface area (Å²) in [6.45, 7) is 0.796. The highest BCUT2D eigenvalue weighted by Crippen LogP contribution is 2.23. The van der Waals surface area contributed by atoms with Gasteiger partial charge in [-0.25, -0.2) is 0 Å². The molecule has 0 unspecified atom stereocenters. The average Bonchev–Trinajstić information content (AvgIpc) is 2.69. The van der Waals surface area contributed by atoms with E-state index in [-0.39, 0.29) is 5.91 Å². The lowest BCUT2D eigenvalue weighted by Crippen LogP contribution is -2.29. The monoisotopic (exact) mass is 294 g/mol. The molecule has 1 fully saturated rings. The van der Waals surface area contributed by atoms with Crippen LogP contribution < -0.4 is 10.8 Å². The first kappa shape index (κ1) is 15.2. The Kier molecular flexibility index (Phi) is 4.56. The summed E-state index contributed by atoms with van der Waals surface area (Å²) in [5, 5.41) is 4.10. The van der Waals surface area contributed by atoms with Crippen molar-refractivity contribution in [2.24, 2.45) is 13.0 Å². The second-order valence-electron chi connectivity index (χ2n) is 6.50. The Bertz CT molecular complexity index is 669. The van der Waals surface area contributed by atoms with E-state index in [0.29, 0.717) is 5.92 Å². The van der Waals surface area contributed by atoms with Crippen molar-refractivity contribution in [2.45, 2.75) is 38.5 Å². The summed E-state index contributed by atoms with van der Waals surface area (Å²) in [6.07, 6.45) is 9.66. The number of benzene rings is 1. The summed E-state index contributed by atoms with van der Waals surface area (Å²) in [5.74, 6) is 0.664. The van der Waals surface area contributed by atoms with Gasteiger partial charge in [-0.15, -0.1) is 0 Å². The molecule has 1 aromatic carbocycles. The van der Waals surface area contributed by atoms with E-state index in [2.05, 4.69) is 5.32 Å². The van der Waals surface area contributed by atoms with Gasteiger partial charge in [-0.2, -0.15) is 0 Å². The maximum atomic E-state index is 12.5. The van der Waals surface area contributed by atoms with E-state index in [4.69, 9.17) is 7.85 Å². The van der Waals surface area contributed by atoms with Crippen molar-refractivity contribution in [3.05, 3.63) is 30.0 Å². The van der Waals surface area contributed by atoms with Crippen LogP contribution in [0.4, 0.5) is 0 Å². The molecule has 0 atom stereocenters. The molecule has 0 aliphatic heterocycles. The van der Waals surface area contributed by atoms with E-state index in [1.807, 2.05) is 36.0 Å². The molecule has 2 radical (unpaired) electrons. The molecule has 114 valence electrons. The van der Waals surface area contributed by atoms with Crippen LogP contribution >= 0.6 is 0 Å². The summed E-state index contributed by atoms with van der Waals surface area (Å²) in [5.41, 5.74) is 2.46. The van der Waals surface area contributed by atoms with E-state index in [1.165, 1.54) is 38.5 Å². The van der Waals surface area contributed by atoms with E-state index >= 15 is 0 Å². The molecule has 0 spiro atoms. The van der Waals surface area contributed by atoms with E-state index in [0.717, 1.165) is 28.5 Å². The number of amides is 1. The normalized spacial score (nSPS) is 16.6. The Hall–Kier alpha value is -1.71. The third-order valence-corrected chi connectivity index (χ3v) is 4.79. The molecule has 1 saturated carbocycles. The molecule has 2 aromatic rings. The fourth-order valence-electron chi connectivity index (χ4n) is 3.48. The van der Waals surface area contributed by atoms with Gasteiger partial charge >= 0.3 is 0 Å². The SMILES string of the molecule is [B]c1ccc2c(C(=O)NCC3CCCCCC3)cn(C)c2c1. The third kappa shape index (κ3) is 3.21. The van der Waals surface area contributed by atoms with Crippen molar-refractivity contribution in [3.8, 4) is 0 Å². The maximum Gasteiger partial charge on any atom is 0.253 e. The standard InChI is InChI=1S/C18H23BN2O/c1-21-12-16(15-9-8-14(19)10-17(15)21)18(22)20-11-13-6-4-2-3-5-7-13/h8-10,12-13H,2-7,11H2,1H3,(H,20,22). The molecular weight excluding hydrogens is 271 g/mol. The lowest BCUT2D eigenvalue weighted by Gasteiger charge is -2.14. The number of aromatic nitrogens is 1. The number of aryl methyl sites for hydroxylation is 1. The minimum atomic E-state index is 0.0274. The van der Waals surface area contributed by atoms with Gasteiger partial charge in [-0.3, -0.25) is 4.79 Å². The Labute approximate surface area is 133 Å². The number of carbonyl (C=O) groups is 1. The minimum absolute atomic E-state index is 0.0274. The summed E-state index contributed by atoms with van der Waals surface area (Å²) in [4.78, 5) is 12.5. The smallest absolute Gasteiger partial charge is 0.253 e. The molecule has 3 nitrogen and oxygen atoms in total. The van der Waals surface area contributed by atoms with Crippen LogP contribution in [0.15, 0.2) is 24.4 Å². The van der Waals surface area contributed by atoms with Gasteiger partial charge in [0.2, 0.25) is 0 Å². The average molecular weight is 294 g/mol. The first-order valence-electron chi connectivity index (χ1n) is 8.28. The molecule has 0 bridgehead atoms. The number of fused-ring (bicyclic) bond motifs is 1. The molecule has 1 amide bonds. The van der Waals surface area contributed by atoms with Gasteiger partial charge in [0.25, 0.3) is 5.91 Å². The van der Waals surface area contributed by atoms with E-state index < -0.39 is 0 Å². The zero-order chi connectivity index (χ0) is 15.5. The number of nitrogens with one attached hydrogen (secondary N) is 1. The molecule has 22 heavy (non-hydrogen) atoms. The van der Waals surface area contributed by atoms with Crippen LogP contribution in [0.1, 0.15) is 48.9 Å². The number of hydrogen-bond donors (Lipinski definition) is 1. The van der Waals surface area contributed by atoms with Crippen molar-refractivity contribution < 1.29 is 4.79 Å². The molecule has 1 N–H and O–H groups in total. The van der Waals surface area contributed by atoms with Crippen molar-refractivity contribution in [3.63, 3.8) is 0 Å². The van der Waals surface area contributed by atoms with Gasteiger partial charge in [0.1, 0.15) is 7.85 Å². The topological polar surface area (TPSA) is 34.0 Å². The van der Waals surface area contributed by atoms with Gasteiger partial charge in [-0.1, -0.05) is 43.3 Å². The number of hydrogen-bond acceptors (Lipinski definition) is 1. The molecular formula is C18H23BN2O. The predicted molar refractivity (Wildman–Crippen MR) is 91.8 cm³/mol. The largest absolute Gasteiger partial charge is 0.352 e. The van der Waals surface area contributed by atoms with Gasteiger partial charge in [0.15, 0.2) is 0 Å². The van der Waals surface area contributed by atoms with Gasteiger partial charge in [0, 0.05) is 30.7 Å². The molecule has 1 aliphatic rings. The van der Waals surface area contributed by atoms with E-state index in [9.17, 15) is 4.79 Å². The van der Waals surface area contributed by atoms with Crippen LogP contribution in [0.25, 0.3) is 10.9 Å². The summed E-state index contributed by atoms with van der Waals surface area (Å²) < 4.78 is 1.96. The zero-order valence-corrected chi connectivity index (χ0v) is 13.3. The lowest BCUT2D eigenvalue weighted by atomic mass is 9.95. The molecule has 1 heterocycles. The minimum Gasteiger partial charge on any atom is -0.352 e. The number of nitrogens with zero attached hydrogens (tertiary/aromatic N) is 1. The maximum absolute atomic E-state index is 12.5. The van der Waals surface area contributed by atoms with Crippen molar-refractivity contribution in [1.82, 2.24) is 9.88 Å². The van der Waals surface area contributed by atoms with Gasteiger partial charge in [-0.05, 0) is 24.8 Å². The van der Waals surface area contributed by atoms with Crippen molar-refractivity contribution >= 4 is 30.1 Å². The lowest BCUT2D eigenvalue weighted by molar-refractivity contribution is 0.0947. The number of rotatable bonds is 3. The highest BCUT2D eigenvalue weighted by atomic mass is 16.1. The van der Waals surface area contributed by atoms with Crippen LogP contribution in [-0.4, -0.2) is 24.9 Å². The fourth-order valence-corrected chi connectivity index (χ4v) is 3.48. The molecule has 1 aliphatic carbocycles. The Morgan fingerprint density at radius 1 is 1.27 bits per heavy atom. The first-order chi connectivity index (χ1) is 10.6. The van der Waals surface area contributed by atoms with Crippen LogP contribution in [0, 0.1) is 5.92 Å². The molecule has 0 saturated heterocycles. The second kappa shape index (κ2) is 6.59. The van der Waals surface area contributed by atoms with Gasteiger partial charge < -0.3 is 9.88 Å². The first-order valence-corrected chi connectivity index (χ1v) is 8.28. The Balaban J connectivity index is 1.72. The summed E-state index contributed by atoms with van der Waals surface area (Å²) in [6, 6.07) is 5.70. The Morgan fingerprint density at radius 2 is 2.00 bits per heavy atom. The van der Waals surface area contributed by atoms with Crippen LogP contribution in [0.3, 0.4) is 0 Å². The van der Waals surface area contributed by atoms with Crippen molar-refractivity contribution in [2.75, 3.05) is 6.54 Å². The van der Waals surface area contributed by atoms with Crippen LogP contribution in [0.5, 0.6) is 0 Å². The van der Waals surface area contributed by atoms with E-state index in [1.54, 1.807) is 0 Å². The summed E-state index contributed by atoms with van der Waals surface area (Å²) >= 11 is 0. The fraction of sp³-hybridized carbons (Fsp3) is 0.500. The third-order valence-electron chi connectivity index (χ3n) is 4.79. The highest BCUT2D eigenvalue weighted by molar-refractivity contribution is 6.33. The quantitative estimate of drug-likeness (QED) is 0.685.